The molecule has 0 spiro atoms. The van der Waals surface area contributed by atoms with E-state index in [0.717, 1.165) is 0 Å². The predicted octanol–water partition coefficient (Wildman–Crippen LogP) is 2.41. The number of rotatable bonds is 6. The molecule has 0 aromatic heterocycles. The lowest BCUT2D eigenvalue weighted by atomic mass is 10.0. The minimum absolute atomic E-state index is 0.0287. The van der Waals surface area contributed by atoms with Gasteiger partial charge in [-0.2, -0.15) is 48.3 Å². The average Bonchev–Trinajstić information content (AvgIpc) is 2.68. The van der Waals surface area contributed by atoms with Crippen molar-refractivity contribution < 1.29 is 82.5 Å². The maximum atomic E-state index is 12.4. The Morgan fingerprint density at radius 2 is 0.909 bits per heavy atom. The topological polar surface area (TPSA) is 57.2 Å². The van der Waals surface area contributed by atoms with Gasteiger partial charge in [0.1, 0.15) is 0 Å². The van der Waals surface area contributed by atoms with Crippen molar-refractivity contribution in [2.75, 3.05) is 0 Å². The van der Waals surface area contributed by atoms with Gasteiger partial charge in [0.2, 0.25) is 0 Å². The molecule has 0 aliphatic heterocycles. The van der Waals surface area contributed by atoms with Gasteiger partial charge in [0.15, 0.2) is 17.3 Å². The summed E-state index contributed by atoms with van der Waals surface area (Å²) < 4.78 is 165. The second-order valence-electron chi connectivity index (χ2n) is 5.88. The molecule has 186 valence electrons. The van der Waals surface area contributed by atoms with Gasteiger partial charge in [-0.05, 0) is 24.3 Å². The van der Waals surface area contributed by atoms with Crippen LogP contribution in [0.15, 0.2) is 60.7 Å². The third-order valence-corrected chi connectivity index (χ3v) is 7.08. The van der Waals surface area contributed by atoms with Crippen molar-refractivity contribution in [2.45, 2.75) is 29.2 Å². The predicted molar refractivity (Wildman–Crippen MR) is 85.8 cm³/mol. The van der Waals surface area contributed by atoms with Gasteiger partial charge >= 0.3 is 50.4 Å². The van der Waals surface area contributed by atoms with E-state index in [1.54, 1.807) is 0 Å². The third kappa shape index (κ3) is 6.06. The largest absolute Gasteiger partial charge is 0.743 e. The highest BCUT2D eigenvalue weighted by atomic mass is 127. The normalized spacial score (nSPS) is 13.8. The van der Waals surface area contributed by atoms with Crippen LogP contribution < -0.4 is 21.2 Å². The fourth-order valence-corrected chi connectivity index (χ4v) is 4.51. The Kier molecular flexibility index (Phi) is 8.79. The molecule has 33 heavy (non-hydrogen) atoms. The van der Waals surface area contributed by atoms with Crippen LogP contribution in [-0.4, -0.2) is 42.2 Å². The van der Waals surface area contributed by atoms with Crippen LogP contribution in [0.5, 0.6) is 0 Å². The van der Waals surface area contributed by atoms with E-state index in [1.807, 2.05) is 0 Å². The molecule has 0 aliphatic carbocycles. The summed E-state index contributed by atoms with van der Waals surface area (Å²) in [7, 11) is -7.66. The zero-order valence-electron chi connectivity index (χ0n) is 15.4. The number of benzene rings is 2. The van der Waals surface area contributed by atoms with Crippen LogP contribution in [0.25, 0.3) is 0 Å². The maximum absolute atomic E-state index is 12.4. The zero-order valence-corrected chi connectivity index (χ0v) is 18.4. The van der Waals surface area contributed by atoms with Crippen molar-refractivity contribution in [1.82, 2.24) is 0 Å². The minimum Gasteiger partial charge on any atom is -0.743 e. The van der Waals surface area contributed by atoms with E-state index in [9.17, 15) is 61.3 Å². The summed E-state index contributed by atoms with van der Waals surface area (Å²) in [5.41, 5.74) is 0. The maximum Gasteiger partial charge on any atom is 0.460 e. The molecule has 16 heteroatoms. The summed E-state index contributed by atoms with van der Waals surface area (Å²) in [5.74, 6) is -23.4. The van der Waals surface area contributed by atoms with Gasteiger partial charge < -0.3 is 4.55 Å². The van der Waals surface area contributed by atoms with Crippen molar-refractivity contribution in [1.29, 1.82) is 0 Å². The number of halogens is 12. The lowest BCUT2D eigenvalue weighted by Gasteiger charge is -2.37. The van der Waals surface area contributed by atoms with Crippen LogP contribution >= 0.6 is 0 Å². The first-order chi connectivity index (χ1) is 14.7. The highest BCUT2D eigenvalue weighted by Gasteiger charge is 2.88. The molecule has 0 bridgehead atoms. The lowest BCUT2D eigenvalue weighted by Crippen LogP contribution is -3.61. The Bertz CT molecular complexity index is 974. The van der Waals surface area contributed by atoms with Gasteiger partial charge in [-0.1, -0.05) is 36.4 Å². The molecule has 3 nitrogen and oxygen atoms in total. The Hall–Kier alpha value is -1.69. The number of hydrogen-bond donors (Lipinski definition) is 0. The molecule has 0 fully saturated rings. The highest BCUT2D eigenvalue weighted by molar-refractivity contribution is 7.86. The van der Waals surface area contributed by atoms with Gasteiger partial charge in [-0.25, -0.2) is 8.42 Å². The Morgan fingerprint density at radius 3 is 1.18 bits per heavy atom. The van der Waals surface area contributed by atoms with Crippen LogP contribution in [-0.2, 0) is 10.1 Å². The minimum atomic E-state index is -7.90. The fraction of sp³-hybridized carbons (Fsp3) is 0.294. The van der Waals surface area contributed by atoms with E-state index >= 15 is 0 Å². The molecule has 2 aromatic carbocycles. The van der Waals surface area contributed by atoms with Crippen molar-refractivity contribution in [3.63, 3.8) is 0 Å². The highest BCUT2D eigenvalue weighted by Crippen LogP contribution is 2.58. The molecule has 0 atom stereocenters. The van der Waals surface area contributed by atoms with Crippen LogP contribution in [0.1, 0.15) is 0 Å². The zero-order chi connectivity index (χ0) is 25.9. The SMILES string of the molecule is O=S(=O)([O-])C(F)(F)C(F)(F)C(F)(F)C(F)(F)C(F)(F)F.c1ccc([I+]c2ccccc2)cc1. The van der Waals surface area contributed by atoms with Gasteiger partial charge in [-0.3, -0.25) is 0 Å². The standard InChI is InChI=1S/C12H10I.C5HF11O3S/c1-3-7-11(8-4-1)13-12-9-5-2-6-10-12;6-1(7,2(8,9)4(12,13)14)3(10,11)5(15,16)20(17,18)19/h1-10H;(H,17,18,19)/q+1;/p-1. The second-order valence-corrected chi connectivity index (χ2v) is 10.3. The van der Waals surface area contributed by atoms with Crippen molar-refractivity contribution in [2.24, 2.45) is 0 Å². The van der Waals surface area contributed by atoms with E-state index in [4.69, 9.17) is 0 Å². The summed E-state index contributed by atoms with van der Waals surface area (Å²) >= 11 is 0.0287. The van der Waals surface area contributed by atoms with Gasteiger partial charge in [0.05, 0.1) is 0 Å². The first kappa shape index (κ1) is 29.3. The fourth-order valence-electron chi connectivity index (χ4n) is 1.80. The molecule has 0 heterocycles. The molecular formula is C17H10F11IO3S. The van der Waals surface area contributed by atoms with E-state index in [0.29, 0.717) is 0 Å². The van der Waals surface area contributed by atoms with Gasteiger partial charge in [0, 0.05) is 0 Å². The van der Waals surface area contributed by atoms with E-state index in [1.165, 1.54) is 7.14 Å². The molecule has 0 N–H and O–H groups in total. The Morgan fingerprint density at radius 1 is 0.576 bits per heavy atom. The summed E-state index contributed by atoms with van der Waals surface area (Å²) in [5, 5.41) is -7.40. The Labute approximate surface area is 189 Å². The molecule has 0 radical (unpaired) electrons. The molecule has 0 saturated carbocycles. The monoisotopic (exact) mass is 630 g/mol. The third-order valence-electron chi connectivity index (χ3n) is 3.51. The first-order valence-corrected chi connectivity index (χ1v) is 11.5. The van der Waals surface area contributed by atoms with E-state index < -0.39 is 39.3 Å². The summed E-state index contributed by atoms with van der Waals surface area (Å²) in [6.45, 7) is 0. The van der Waals surface area contributed by atoms with Crippen LogP contribution in [0.3, 0.4) is 0 Å². The van der Waals surface area contributed by atoms with Crippen molar-refractivity contribution in [3.8, 4) is 0 Å². The average molecular weight is 630 g/mol. The molecule has 2 aromatic rings. The quantitative estimate of drug-likeness (QED) is 0.280. The van der Waals surface area contributed by atoms with E-state index in [-0.39, 0.29) is 21.2 Å². The molecule has 2 rings (SSSR count). The number of hydrogen-bond acceptors (Lipinski definition) is 3. The van der Waals surface area contributed by atoms with Crippen molar-refractivity contribution in [3.05, 3.63) is 67.8 Å². The van der Waals surface area contributed by atoms with Crippen LogP contribution in [0.2, 0.25) is 0 Å². The van der Waals surface area contributed by atoms with Gasteiger partial charge in [-0.15, -0.1) is 0 Å². The van der Waals surface area contributed by atoms with Gasteiger partial charge in [0.25, 0.3) is 0 Å². The van der Waals surface area contributed by atoms with Crippen molar-refractivity contribution >= 4 is 10.1 Å². The van der Waals surface area contributed by atoms with E-state index in [2.05, 4.69) is 60.7 Å². The first-order valence-electron chi connectivity index (χ1n) is 7.98. The summed E-state index contributed by atoms with van der Waals surface area (Å²) in [6, 6.07) is 21.4. The summed E-state index contributed by atoms with van der Waals surface area (Å²) in [6.07, 6.45) is -7.41. The molecule has 0 aliphatic rings. The molecule has 0 amide bonds. The Balaban J connectivity index is 0.000000357. The summed E-state index contributed by atoms with van der Waals surface area (Å²) in [4.78, 5) is 0. The lowest BCUT2D eigenvalue weighted by molar-refractivity contribution is -0.597. The van der Waals surface area contributed by atoms with Crippen LogP contribution in [0, 0.1) is 7.14 Å². The molecule has 0 saturated heterocycles. The molecular weight excluding hydrogens is 620 g/mol. The number of alkyl halides is 11. The second kappa shape index (κ2) is 9.89. The molecule has 0 unspecified atom stereocenters. The van der Waals surface area contributed by atoms with Crippen LogP contribution in [0.4, 0.5) is 48.3 Å². The smallest absolute Gasteiger partial charge is 0.460 e.